The van der Waals surface area contributed by atoms with Crippen molar-refractivity contribution >= 4 is 44.6 Å². The molecule has 1 aliphatic heterocycles. The Kier molecular flexibility index (Phi) is 7.16. The number of carboxylic acid groups (broad SMARTS) is 2. The van der Waals surface area contributed by atoms with Gasteiger partial charge in [-0.3, -0.25) is 4.79 Å². The highest BCUT2D eigenvalue weighted by atomic mass is 35.5. The molecule has 2 aromatic carbocycles. The lowest BCUT2D eigenvalue weighted by atomic mass is 10.1. The number of para-hydroxylation sites is 1. The SMILES string of the molecule is CCCCc1nc2cccc(C(=O)O)c2n1Cc1ccc(S(=O)(=O)N2CCCC2C(=O)O)cc1Cl. The van der Waals surface area contributed by atoms with E-state index in [1.54, 1.807) is 18.2 Å². The first-order valence-corrected chi connectivity index (χ1v) is 13.2. The van der Waals surface area contributed by atoms with Gasteiger partial charge in [-0.2, -0.15) is 4.31 Å². The van der Waals surface area contributed by atoms with E-state index in [-0.39, 0.29) is 35.0 Å². The number of aromatic nitrogens is 2. The van der Waals surface area contributed by atoms with Crippen molar-refractivity contribution < 1.29 is 28.2 Å². The fraction of sp³-hybridized carbons (Fsp3) is 0.375. The normalized spacial score (nSPS) is 16.7. The lowest BCUT2D eigenvalue weighted by Gasteiger charge is -2.21. The number of aryl methyl sites for hydroxylation is 1. The zero-order valence-corrected chi connectivity index (χ0v) is 20.7. The molecular weight excluding hydrogens is 494 g/mol. The van der Waals surface area contributed by atoms with E-state index < -0.39 is 28.0 Å². The summed E-state index contributed by atoms with van der Waals surface area (Å²) in [7, 11) is -4.04. The Balaban J connectivity index is 1.73. The van der Waals surface area contributed by atoms with E-state index in [9.17, 15) is 28.2 Å². The molecule has 35 heavy (non-hydrogen) atoms. The van der Waals surface area contributed by atoms with Crippen molar-refractivity contribution in [2.45, 2.75) is 56.5 Å². The lowest BCUT2D eigenvalue weighted by Crippen LogP contribution is -2.40. The maximum Gasteiger partial charge on any atom is 0.337 e. The minimum Gasteiger partial charge on any atom is -0.480 e. The van der Waals surface area contributed by atoms with Crippen LogP contribution >= 0.6 is 11.6 Å². The summed E-state index contributed by atoms with van der Waals surface area (Å²) >= 11 is 6.52. The zero-order valence-electron chi connectivity index (χ0n) is 19.1. The third kappa shape index (κ3) is 4.78. The molecule has 1 aromatic heterocycles. The van der Waals surface area contributed by atoms with Crippen molar-refractivity contribution in [1.82, 2.24) is 13.9 Å². The van der Waals surface area contributed by atoms with Crippen molar-refractivity contribution in [3.05, 3.63) is 58.4 Å². The third-order valence-corrected chi connectivity index (χ3v) is 8.53. The highest BCUT2D eigenvalue weighted by Gasteiger charge is 2.39. The van der Waals surface area contributed by atoms with Crippen LogP contribution in [-0.4, -0.2) is 57.0 Å². The first-order chi connectivity index (χ1) is 16.6. The zero-order chi connectivity index (χ0) is 25.3. The molecule has 2 N–H and O–H groups in total. The number of aromatic carboxylic acids is 1. The van der Waals surface area contributed by atoms with Crippen molar-refractivity contribution in [2.24, 2.45) is 0 Å². The predicted octanol–water partition coefficient (Wildman–Crippen LogP) is 4.02. The number of halogens is 1. The van der Waals surface area contributed by atoms with Gasteiger partial charge in [0.05, 0.1) is 28.0 Å². The number of fused-ring (bicyclic) bond motifs is 1. The van der Waals surface area contributed by atoms with E-state index in [0.717, 1.165) is 23.0 Å². The maximum absolute atomic E-state index is 13.1. The van der Waals surface area contributed by atoms with Gasteiger partial charge in [0.25, 0.3) is 0 Å². The minimum atomic E-state index is -4.04. The summed E-state index contributed by atoms with van der Waals surface area (Å²) < 4.78 is 29.1. The lowest BCUT2D eigenvalue weighted by molar-refractivity contribution is -0.140. The van der Waals surface area contributed by atoms with Crippen LogP contribution in [0.5, 0.6) is 0 Å². The van der Waals surface area contributed by atoms with Crippen LogP contribution in [0.3, 0.4) is 0 Å². The largest absolute Gasteiger partial charge is 0.480 e. The number of benzene rings is 2. The average Bonchev–Trinajstić information content (AvgIpc) is 3.44. The number of aliphatic carboxylic acids is 1. The summed E-state index contributed by atoms with van der Waals surface area (Å²) in [6.45, 7) is 2.40. The quantitative estimate of drug-likeness (QED) is 0.436. The Hall–Kier alpha value is -2.95. The van der Waals surface area contributed by atoms with Gasteiger partial charge in [0.1, 0.15) is 11.9 Å². The van der Waals surface area contributed by atoms with Gasteiger partial charge in [0.15, 0.2) is 0 Å². The standard InChI is InChI=1S/C24H26ClN3O6S/c1-2-3-9-21-26-19-7-4-6-17(23(29)30)22(19)27(21)14-15-10-11-16(13-18(15)25)35(33,34)28-12-5-8-20(28)24(31)32/h4,6-7,10-11,13,20H,2-3,5,8-9,12,14H2,1H3,(H,29,30)(H,31,32). The monoisotopic (exact) mass is 519 g/mol. The predicted molar refractivity (Wildman–Crippen MR) is 130 cm³/mol. The highest BCUT2D eigenvalue weighted by Crippen LogP contribution is 2.30. The molecule has 1 saturated heterocycles. The van der Waals surface area contributed by atoms with Gasteiger partial charge in [0, 0.05) is 18.0 Å². The molecule has 0 saturated carbocycles. The van der Waals surface area contributed by atoms with Crippen molar-refractivity contribution in [3.63, 3.8) is 0 Å². The number of hydrogen-bond acceptors (Lipinski definition) is 5. The van der Waals surface area contributed by atoms with Crippen LogP contribution in [-0.2, 0) is 27.8 Å². The van der Waals surface area contributed by atoms with Crippen molar-refractivity contribution in [3.8, 4) is 0 Å². The highest BCUT2D eigenvalue weighted by molar-refractivity contribution is 7.89. The molecule has 0 amide bonds. The number of carbonyl (C=O) groups is 2. The fourth-order valence-corrected chi connectivity index (χ4v) is 6.48. The van der Waals surface area contributed by atoms with E-state index in [1.807, 2.05) is 4.57 Å². The Morgan fingerprint density at radius 1 is 1.20 bits per heavy atom. The summed E-state index contributed by atoms with van der Waals surface area (Å²) in [5, 5.41) is 19.3. The number of carboxylic acids is 2. The van der Waals surface area contributed by atoms with Crippen LogP contribution in [0.4, 0.5) is 0 Å². The second-order valence-electron chi connectivity index (χ2n) is 8.56. The van der Waals surface area contributed by atoms with Gasteiger partial charge in [-0.25, -0.2) is 18.2 Å². The number of rotatable bonds is 9. The minimum absolute atomic E-state index is 0.0766. The molecule has 0 radical (unpaired) electrons. The number of hydrogen-bond donors (Lipinski definition) is 2. The molecule has 1 atom stereocenters. The molecule has 1 aliphatic rings. The van der Waals surface area contributed by atoms with Crippen LogP contribution in [0.25, 0.3) is 11.0 Å². The number of nitrogens with zero attached hydrogens (tertiary/aromatic N) is 3. The van der Waals surface area contributed by atoms with Crippen molar-refractivity contribution in [2.75, 3.05) is 6.54 Å². The molecule has 0 spiro atoms. The summed E-state index contributed by atoms with van der Waals surface area (Å²) in [6.07, 6.45) is 3.20. The van der Waals surface area contributed by atoms with Crippen LogP contribution in [0.1, 0.15) is 54.4 Å². The Morgan fingerprint density at radius 3 is 2.63 bits per heavy atom. The smallest absolute Gasteiger partial charge is 0.337 e. The molecule has 2 heterocycles. The fourth-order valence-electron chi connectivity index (χ4n) is 4.50. The molecule has 0 bridgehead atoms. The van der Waals surface area contributed by atoms with E-state index >= 15 is 0 Å². The number of sulfonamides is 1. The van der Waals surface area contributed by atoms with Gasteiger partial charge in [-0.15, -0.1) is 0 Å². The van der Waals surface area contributed by atoms with Gasteiger partial charge >= 0.3 is 11.9 Å². The Bertz CT molecular complexity index is 1400. The molecule has 11 heteroatoms. The van der Waals surface area contributed by atoms with Gasteiger partial charge < -0.3 is 14.8 Å². The Morgan fingerprint density at radius 2 is 1.97 bits per heavy atom. The second kappa shape index (κ2) is 9.96. The molecule has 0 aliphatic carbocycles. The second-order valence-corrected chi connectivity index (χ2v) is 10.9. The first-order valence-electron chi connectivity index (χ1n) is 11.4. The number of unbranched alkanes of at least 4 members (excludes halogenated alkanes) is 1. The molecule has 3 aromatic rings. The van der Waals surface area contributed by atoms with E-state index in [0.29, 0.717) is 29.4 Å². The summed E-state index contributed by atoms with van der Waals surface area (Å²) in [6, 6.07) is 8.18. The van der Waals surface area contributed by atoms with Crippen LogP contribution < -0.4 is 0 Å². The molecular formula is C24H26ClN3O6S. The van der Waals surface area contributed by atoms with Gasteiger partial charge in [-0.1, -0.05) is 37.1 Å². The maximum atomic E-state index is 13.1. The van der Waals surface area contributed by atoms with Crippen molar-refractivity contribution in [1.29, 1.82) is 0 Å². The van der Waals surface area contributed by atoms with E-state index in [1.165, 1.54) is 18.2 Å². The summed E-state index contributed by atoms with van der Waals surface area (Å²) in [4.78, 5) is 28.0. The Labute approximate surface area is 208 Å². The summed E-state index contributed by atoms with van der Waals surface area (Å²) in [5.74, 6) is -1.51. The third-order valence-electron chi connectivity index (χ3n) is 6.28. The molecule has 9 nitrogen and oxygen atoms in total. The number of imidazole rings is 1. The average molecular weight is 520 g/mol. The summed E-state index contributed by atoms with van der Waals surface area (Å²) in [5.41, 5.74) is 1.78. The van der Waals surface area contributed by atoms with Crippen LogP contribution in [0.2, 0.25) is 5.02 Å². The van der Waals surface area contributed by atoms with Crippen LogP contribution in [0.15, 0.2) is 41.3 Å². The van der Waals surface area contributed by atoms with Gasteiger partial charge in [0.2, 0.25) is 10.0 Å². The van der Waals surface area contributed by atoms with E-state index in [4.69, 9.17) is 11.6 Å². The van der Waals surface area contributed by atoms with Gasteiger partial charge in [-0.05, 0) is 49.1 Å². The van der Waals surface area contributed by atoms with Crippen LogP contribution in [0, 0.1) is 0 Å². The molecule has 4 rings (SSSR count). The topological polar surface area (TPSA) is 130 Å². The molecule has 1 fully saturated rings. The van der Waals surface area contributed by atoms with E-state index in [2.05, 4.69) is 11.9 Å². The molecule has 1 unspecified atom stereocenters. The molecule has 186 valence electrons. The first kappa shape index (κ1) is 25.2.